The molecular weight excluding hydrogens is 478 g/mol. The monoisotopic (exact) mass is 507 g/mol. The maximum Gasteiger partial charge on any atom is 0.414 e. The quantitative estimate of drug-likeness (QED) is 0.419. The zero-order valence-electron chi connectivity index (χ0n) is 19.9. The van der Waals surface area contributed by atoms with Gasteiger partial charge in [-0.2, -0.15) is 0 Å². The van der Waals surface area contributed by atoms with E-state index < -0.39 is 11.9 Å². The third-order valence-corrected chi connectivity index (χ3v) is 7.28. The van der Waals surface area contributed by atoms with Gasteiger partial charge in [-0.25, -0.2) is 9.59 Å². The number of benzene rings is 3. The smallest absolute Gasteiger partial charge is 0.414 e. The third kappa shape index (κ3) is 5.95. The number of hydrogen-bond acceptors (Lipinski definition) is 4. The van der Waals surface area contributed by atoms with Crippen molar-refractivity contribution in [1.82, 2.24) is 4.90 Å². The molecule has 3 aliphatic heterocycles. The summed E-state index contributed by atoms with van der Waals surface area (Å²) in [6.07, 6.45) is 3.64. The molecule has 0 aromatic heterocycles. The SMILES string of the molecule is Clc1ccc(CO[C@]2(C(c3ccccc3)c3ccccc3)CC3CCN2CC3)cc1.O=C(O)C(=O)O. The minimum absolute atomic E-state index is 0.176. The number of piperidine rings is 3. The Bertz CT molecular complexity index is 1100. The molecule has 3 heterocycles. The van der Waals surface area contributed by atoms with Gasteiger partial charge < -0.3 is 14.9 Å². The number of ether oxygens (including phenoxy) is 1. The van der Waals surface area contributed by atoms with Gasteiger partial charge in [-0.1, -0.05) is 84.4 Å². The van der Waals surface area contributed by atoms with Gasteiger partial charge in [-0.15, -0.1) is 0 Å². The van der Waals surface area contributed by atoms with E-state index in [1.54, 1.807) is 0 Å². The standard InChI is InChI=1S/C27H28ClNO.C2H2O4/c28-25-13-11-22(12-14-25)20-30-27(19-21-15-17-29(27)18-16-21)26(23-7-3-1-4-8-23)24-9-5-2-6-10-24;3-1(4)2(5)6/h1-14,21,26H,15-20H2;(H,3,4)(H,5,6)/t27-;/m0./s1. The second-order valence-corrected chi connectivity index (χ2v) is 9.70. The van der Waals surface area contributed by atoms with Crippen LogP contribution in [0.3, 0.4) is 0 Å². The van der Waals surface area contributed by atoms with Gasteiger partial charge in [-0.3, -0.25) is 4.90 Å². The first kappa shape index (κ1) is 25.9. The van der Waals surface area contributed by atoms with Gasteiger partial charge in [0.1, 0.15) is 5.72 Å². The predicted molar refractivity (Wildman–Crippen MR) is 138 cm³/mol. The lowest BCUT2D eigenvalue weighted by molar-refractivity contribution is -0.222. The van der Waals surface area contributed by atoms with Crippen molar-refractivity contribution < 1.29 is 24.5 Å². The minimum Gasteiger partial charge on any atom is -0.473 e. The van der Waals surface area contributed by atoms with Crippen molar-refractivity contribution >= 4 is 23.5 Å². The summed E-state index contributed by atoms with van der Waals surface area (Å²) in [4.78, 5) is 20.8. The minimum atomic E-state index is -1.82. The highest BCUT2D eigenvalue weighted by atomic mass is 35.5. The number of fused-ring (bicyclic) bond motifs is 3. The molecule has 3 aromatic carbocycles. The highest BCUT2D eigenvalue weighted by molar-refractivity contribution is 6.30. The van der Waals surface area contributed by atoms with Crippen LogP contribution in [0.15, 0.2) is 84.9 Å². The van der Waals surface area contributed by atoms with Gasteiger partial charge in [0.25, 0.3) is 0 Å². The van der Waals surface area contributed by atoms with Gasteiger partial charge in [0.05, 0.1) is 12.5 Å². The molecule has 7 heteroatoms. The normalized spacial score (nSPS) is 22.5. The Morgan fingerprint density at radius 2 is 1.36 bits per heavy atom. The van der Waals surface area contributed by atoms with Crippen LogP contribution in [0.5, 0.6) is 0 Å². The van der Waals surface area contributed by atoms with Crippen LogP contribution in [0, 0.1) is 5.92 Å². The molecule has 6 nitrogen and oxygen atoms in total. The zero-order chi connectivity index (χ0) is 25.5. The van der Waals surface area contributed by atoms with Crippen LogP contribution in [0.1, 0.15) is 41.9 Å². The number of aliphatic carboxylic acids is 2. The summed E-state index contributed by atoms with van der Waals surface area (Å²) in [7, 11) is 0. The van der Waals surface area contributed by atoms with Crippen molar-refractivity contribution in [2.24, 2.45) is 5.92 Å². The molecular formula is C29H30ClNO5. The van der Waals surface area contributed by atoms with Crippen LogP contribution in [0.2, 0.25) is 5.02 Å². The lowest BCUT2D eigenvalue weighted by Gasteiger charge is -2.57. The molecule has 36 heavy (non-hydrogen) atoms. The number of carbonyl (C=O) groups is 2. The van der Waals surface area contributed by atoms with E-state index in [1.165, 1.54) is 29.5 Å². The van der Waals surface area contributed by atoms with Crippen LogP contribution in [0.25, 0.3) is 0 Å². The molecule has 3 saturated heterocycles. The largest absolute Gasteiger partial charge is 0.473 e. The lowest BCUT2D eigenvalue weighted by atomic mass is 9.71. The molecule has 3 aliphatic rings. The Labute approximate surface area is 216 Å². The predicted octanol–water partition coefficient (Wildman–Crippen LogP) is 5.66. The van der Waals surface area contributed by atoms with Crippen LogP contribution < -0.4 is 0 Å². The summed E-state index contributed by atoms with van der Waals surface area (Å²) in [6.45, 7) is 2.82. The van der Waals surface area contributed by atoms with E-state index in [9.17, 15) is 0 Å². The van der Waals surface area contributed by atoms with Gasteiger partial charge in [-0.05, 0) is 54.0 Å². The summed E-state index contributed by atoms with van der Waals surface area (Å²) >= 11 is 6.10. The Kier molecular flexibility index (Phi) is 8.41. The molecule has 3 fully saturated rings. The van der Waals surface area contributed by atoms with E-state index in [-0.39, 0.29) is 11.6 Å². The first-order valence-corrected chi connectivity index (χ1v) is 12.5. The molecule has 3 aromatic rings. The topological polar surface area (TPSA) is 87.1 Å². The van der Waals surface area contributed by atoms with Crippen molar-refractivity contribution in [3.05, 3.63) is 107 Å². The summed E-state index contributed by atoms with van der Waals surface area (Å²) in [5, 5.41) is 15.5. The molecule has 0 spiro atoms. The maximum atomic E-state index is 9.10. The third-order valence-electron chi connectivity index (χ3n) is 7.03. The van der Waals surface area contributed by atoms with E-state index in [1.807, 2.05) is 12.1 Å². The molecule has 0 aliphatic carbocycles. The van der Waals surface area contributed by atoms with Gasteiger partial charge in [0.2, 0.25) is 0 Å². The van der Waals surface area contributed by atoms with E-state index in [2.05, 4.69) is 77.7 Å². The van der Waals surface area contributed by atoms with Crippen molar-refractivity contribution in [2.75, 3.05) is 13.1 Å². The van der Waals surface area contributed by atoms with Crippen molar-refractivity contribution in [3.8, 4) is 0 Å². The Balaban J connectivity index is 0.000000455. The number of halogens is 1. The number of carboxylic acid groups (broad SMARTS) is 2. The van der Waals surface area contributed by atoms with Gasteiger partial charge in [0, 0.05) is 18.1 Å². The molecule has 1 atom stereocenters. The van der Waals surface area contributed by atoms with Crippen LogP contribution in [-0.4, -0.2) is 45.9 Å². The molecule has 2 bridgehead atoms. The number of hydrogen-bond donors (Lipinski definition) is 2. The van der Waals surface area contributed by atoms with Crippen molar-refractivity contribution in [2.45, 2.75) is 37.5 Å². The van der Waals surface area contributed by atoms with Gasteiger partial charge >= 0.3 is 11.9 Å². The zero-order valence-corrected chi connectivity index (χ0v) is 20.7. The van der Waals surface area contributed by atoms with E-state index in [4.69, 9.17) is 36.1 Å². The molecule has 0 saturated carbocycles. The summed E-state index contributed by atoms with van der Waals surface area (Å²) < 4.78 is 6.98. The highest BCUT2D eigenvalue weighted by Gasteiger charge is 2.52. The first-order valence-electron chi connectivity index (χ1n) is 12.1. The molecule has 0 amide bonds. The lowest BCUT2D eigenvalue weighted by Crippen LogP contribution is -2.62. The van der Waals surface area contributed by atoms with Crippen LogP contribution in [-0.2, 0) is 20.9 Å². The first-order chi connectivity index (χ1) is 17.4. The molecule has 188 valence electrons. The molecule has 0 unspecified atom stereocenters. The average Bonchev–Trinajstić information content (AvgIpc) is 2.91. The average molecular weight is 508 g/mol. The summed E-state index contributed by atoms with van der Waals surface area (Å²) in [6, 6.07) is 29.9. The van der Waals surface area contributed by atoms with E-state index in [0.29, 0.717) is 6.61 Å². The van der Waals surface area contributed by atoms with Gasteiger partial charge in [0.15, 0.2) is 0 Å². The van der Waals surface area contributed by atoms with Crippen molar-refractivity contribution in [3.63, 3.8) is 0 Å². The summed E-state index contributed by atoms with van der Waals surface area (Å²) in [5.74, 6) is -2.74. The van der Waals surface area contributed by atoms with Crippen LogP contribution >= 0.6 is 11.6 Å². The molecule has 2 N–H and O–H groups in total. The van der Waals surface area contributed by atoms with E-state index in [0.717, 1.165) is 30.5 Å². The number of nitrogens with zero attached hydrogens (tertiary/aromatic N) is 1. The fourth-order valence-electron chi connectivity index (χ4n) is 5.39. The molecule has 0 radical (unpaired) electrons. The Hall–Kier alpha value is -3.19. The second kappa shape index (κ2) is 11.7. The highest BCUT2D eigenvalue weighted by Crippen LogP contribution is 2.50. The molecule has 6 rings (SSSR count). The fraction of sp³-hybridized carbons (Fsp3) is 0.310. The Morgan fingerprint density at radius 1 is 0.861 bits per heavy atom. The second-order valence-electron chi connectivity index (χ2n) is 9.26. The van der Waals surface area contributed by atoms with E-state index >= 15 is 0 Å². The fourth-order valence-corrected chi connectivity index (χ4v) is 5.51. The van der Waals surface area contributed by atoms with Crippen molar-refractivity contribution in [1.29, 1.82) is 0 Å². The number of rotatable bonds is 6. The maximum absolute atomic E-state index is 9.10. The Morgan fingerprint density at radius 3 is 1.78 bits per heavy atom. The summed E-state index contributed by atoms with van der Waals surface area (Å²) in [5.41, 5.74) is 3.49. The van der Waals surface area contributed by atoms with Crippen LogP contribution in [0.4, 0.5) is 0 Å². The number of carboxylic acids is 2.